The molecule has 8 heteroatoms. The van der Waals surface area contributed by atoms with Gasteiger partial charge in [-0.1, -0.05) is 71.9 Å². The van der Waals surface area contributed by atoms with Gasteiger partial charge in [-0.2, -0.15) is 13.2 Å². The monoisotopic (exact) mass is 431 g/mol. The first-order valence-electron chi connectivity index (χ1n) is 9.24. The summed E-state index contributed by atoms with van der Waals surface area (Å²) in [4.78, 5) is 20.3. The van der Waals surface area contributed by atoms with Crippen LogP contribution in [-0.4, -0.2) is 21.1 Å². The van der Waals surface area contributed by atoms with Crippen molar-refractivity contribution < 1.29 is 18.0 Å². The highest BCUT2D eigenvalue weighted by Crippen LogP contribution is 2.32. The van der Waals surface area contributed by atoms with Crippen LogP contribution in [0.15, 0.2) is 65.8 Å². The van der Waals surface area contributed by atoms with Crippen LogP contribution in [0.2, 0.25) is 0 Å². The molecule has 1 atom stereocenters. The van der Waals surface area contributed by atoms with Crippen molar-refractivity contribution in [2.45, 2.75) is 37.0 Å². The van der Waals surface area contributed by atoms with E-state index >= 15 is 0 Å². The largest absolute Gasteiger partial charge is 0.433 e. The van der Waals surface area contributed by atoms with Gasteiger partial charge in [0.1, 0.15) is 5.69 Å². The Morgan fingerprint density at radius 3 is 2.37 bits per heavy atom. The predicted octanol–water partition coefficient (Wildman–Crippen LogP) is 5.27. The van der Waals surface area contributed by atoms with Crippen molar-refractivity contribution in [1.29, 1.82) is 0 Å². The first-order chi connectivity index (χ1) is 14.2. The number of hydrogen-bond acceptors (Lipinski definition) is 4. The smallest absolute Gasteiger partial charge is 0.351 e. The zero-order valence-electron chi connectivity index (χ0n) is 16.4. The van der Waals surface area contributed by atoms with E-state index in [1.807, 2.05) is 31.2 Å². The van der Waals surface area contributed by atoms with Crippen molar-refractivity contribution in [3.63, 3.8) is 0 Å². The van der Waals surface area contributed by atoms with Crippen molar-refractivity contribution >= 4 is 17.7 Å². The van der Waals surface area contributed by atoms with Gasteiger partial charge < -0.3 is 5.32 Å². The van der Waals surface area contributed by atoms with Crippen molar-refractivity contribution in [1.82, 2.24) is 15.3 Å². The van der Waals surface area contributed by atoms with Gasteiger partial charge in [-0.25, -0.2) is 9.97 Å². The molecule has 0 saturated heterocycles. The highest BCUT2D eigenvalue weighted by molar-refractivity contribution is 8.00. The molecule has 1 amide bonds. The molecule has 0 radical (unpaired) electrons. The second-order valence-corrected chi connectivity index (χ2v) is 8.06. The Kier molecular flexibility index (Phi) is 6.77. The van der Waals surface area contributed by atoms with Gasteiger partial charge in [-0.3, -0.25) is 4.79 Å². The summed E-state index contributed by atoms with van der Waals surface area (Å²) >= 11 is 0.894. The van der Waals surface area contributed by atoms with Crippen LogP contribution in [-0.2, 0) is 17.5 Å². The molecule has 0 saturated carbocycles. The first-order valence-corrected chi connectivity index (χ1v) is 10.1. The van der Waals surface area contributed by atoms with E-state index in [2.05, 4.69) is 15.3 Å². The maximum Gasteiger partial charge on any atom is 0.433 e. The number of aryl methyl sites for hydroxylation is 1. The van der Waals surface area contributed by atoms with Crippen molar-refractivity contribution in [3.05, 3.63) is 77.5 Å². The van der Waals surface area contributed by atoms with Crippen LogP contribution < -0.4 is 5.32 Å². The predicted molar refractivity (Wildman–Crippen MR) is 111 cm³/mol. The minimum atomic E-state index is -4.61. The van der Waals surface area contributed by atoms with Crippen LogP contribution in [0.3, 0.4) is 0 Å². The molecule has 1 N–H and O–H groups in total. The molecule has 0 aliphatic heterocycles. The summed E-state index contributed by atoms with van der Waals surface area (Å²) < 4.78 is 40.0. The van der Waals surface area contributed by atoms with Gasteiger partial charge in [-0.05, 0) is 25.5 Å². The Morgan fingerprint density at radius 2 is 1.73 bits per heavy atom. The summed E-state index contributed by atoms with van der Waals surface area (Å²) in [5.74, 6) is -0.303. The molecule has 0 unspecified atom stereocenters. The third kappa shape index (κ3) is 5.82. The standard InChI is InChI=1S/C22H20F3N3OS/c1-14-8-10-16(11-9-14)13-26-20(29)15(2)30-21-27-18(17-6-4-3-5-7-17)12-19(28-21)22(23,24)25/h3-12,15H,13H2,1-2H3,(H,26,29)/t15-/m0/s1. The average Bonchev–Trinajstić information content (AvgIpc) is 2.73. The van der Waals surface area contributed by atoms with Crippen molar-refractivity contribution in [2.75, 3.05) is 0 Å². The number of thioether (sulfide) groups is 1. The van der Waals surface area contributed by atoms with Gasteiger partial charge in [0, 0.05) is 12.1 Å². The number of halogens is 3. The number of rotatable bonds is 6. The van der Waals surface area contributed by atoms with Crippen LogP contribution in [0.1, 0.15) is 23.7 Å². The number of alkyl halides is 3. The molecule has 2 aromatic carbocycles. The van der Waals surface area contributed by atoms with E-state index in [1.54, 1.807) is 37.3 Å². The Balaban J connectivity index is 1.75. The zero-order chi connectivity index (χ0) is 21.7. The summed E-state index contributed by atoms with van der Waals surface area (Å²) in [5.41, 5.74) is 1.72. The molecule has 0 spiro atoms. The van der Waals surface area contributed by atoms with Crippen LogP contribution in [0.25, 0.3) is 11.3 Å². The van der Waals surface area contributed by atoms with E-state index in [-0.39, 0.29) is 16.8 Å². The Morgan fingerprint density at radius 1 is 1.07 bits per heavy atom. The molecule has 4 nitrogen and oxygen atoms in total. The number of hydrogen-bond donors (Lipinski definition) is 1. The van der Waals surface area contributed by atoms with Crippen LogP contribution >= 0.6 is 11.8 Å². The summed E-state index contributed by atoms with van der Waals surface area (Å²) in [6.45, 7) is 3.92. The van der Waals surface area contributed by atoms with E-state index in [4.69, 9.17) is 0 Å². The molecule has 0 bridgehead atoms. The van der Waals surface area contributed by atoms with Crippen LogP contribution in [0, 0.1) is 6.92 Å². The summed E-state index contributed by atoms with van der Waals surface area (Å²) in [7, 11) is 0. The normalized spacial score (nSPS) is 12.4. The maximum absolute atomic E-state index is 13.3. The van der Waals surface area contributed by atoms with Gasteiger partial charge in [0.05, 0.1) is 10.9 Å². The Hall–Kier alpha value is -2.87. The molecule has 156 valence electrons. The second-order valence-electron chi connectivity index (χ2n) is 6.75. The lowest BCUT2D eigenvalue weighted by molar-refractivity contribution is -0.141. The third-order valence-electron chi connectivity index (χ3n) is 4.30. The van der Waals surface area contributed by atoms with E-state index in [0.717, 1.165) is 29.0 Å². The highest BCUT2D eigenvalue weighted by Gasteiger charge is 2.34. The van der Waals surface area contributed by atoms with E-state index in [0.29, 0.717) is 12.1 Å². The number of amides is 1. The topological polar surface area (TPSA) is 54.9 Å². The number of carbonyl (C=O) groups is 1. The average molecular weight is 431 g/mol. The molecule has 30 heavy (non-hydrogen) atoms. The van der Waals surface area contributed by atoms with E-state index in [9.17, 15) is 18.0 Å². The Bertz CT molecular complexity index is 1010. The van der Waals surface area contributed by atoms with Gasteiger partial charge in [-0.15, -0.1) is 0 Å². The molecule has 0 aliphatic rings. The molecule has 0 fully saturated rings. The first kappa shape index (κ1) is 21.8. The summed E-state index contributed by atoms with van der Waals surface area (Å²) in [5, 5.41) is 2.03. The second kappa shape index (κ2) is 9.30. The maximum atomic E-state index is 13.3. The molecular formula is C22H20F3N3OS. The fourth-order valence-corrected chi connectivity index (χ4v) is 3.44. The number of nitrogens with one attached hydrogen (secondary N) is 1. The lowest BCUT2D eigenvalue weighted by atomic mass is 10.1. The zero-order valence-corrected chi connectivity index (χ0v) is 17.2. The number of carbonyl (C=O) groups excluding carboxylic acids is 1. The van der Waals surface area contributed by atoms with Gasteiger partial charge in [0.25, 0.3) is 0 Å². The molecular weight excluding hydrogens is 411 g/mol. The summed E-state index contributed by atoms with van der Waals surface area (Å²) in [6, 6.07) is 17.2. The molecule has 1 heterocycles. The number of nitrogens with zero attached hydrogens (tertiary/aromatic N) is 2. The van der Waals surface area contributed by atoms with Gasteiger partial charge in [0.2, 0.25) is 5.91 Å². The van der Waals surface area contributed by atoms with Gasteiger partial charge in [0.15, 0.2) is 5.16 Å². The minimum absolute atomic E-state index is 0.0957. The molecule has 1 aromatic heterocycles. The summed E-state index contributed by atoms with van der Waals surface area (Å²) in [6.07, 6.45) is -4.61. The number of aromatic nitrogens is 2. The SMILES string of the molecule is Cc1ccc(CNC(=O)[C@H](C)Sc2nc(-c3ccccc3)cc(C(F)(F)F)n2)cc1. The van der Waals surface area contributed by atoms with Crippen LogP contribution in [0.5, 0.6) is 0 Å². The molecule has 3 rings (SSSR count). The fraction of sp³-hybridized carbons (Fsp3) is 0.227. The lowest BCUT2D eigenvalue weighted by Gasteiger charge is -2.14. The van der Waals surface area contributed by atoms with Crippen molar-refractivity contribution in [3.8, 4) is 11.3 Å². The molecule has 3 aromatic rings. The highest BCUT2D eigenvalue weighted by atomic mass is 32.2. The molecule has 0 aliphatic carbocycles. The van der Waals surface area contributed by atoms with Gasteiger partial charge >= 0.3 is 6.18 Å². The number of benzene rings is 2. The minimum Gasteiger partial charge on any atom is -0.351 e. The Labute approximate surface area is 177 Å². The fourth-order valence-electron chi connectivity index (χ4n) is 2.63. The third-order valence-corrected chi connectivity index (χ3v) is 5.27. The lowest BCUT2D eigenvalue weighted by Crippen LogP contribution is -2.30. The van der Waals surface area contributed by atoms with Crippen molar-refractivity contribution in [2.24, 2.45) is 0 Å². The van der Waals surface area contributed by atoms with E-state index in [1.165, 1.54) is 0 Å². The quantitative estimate of drug-likeness (QED) is 0.427. The van der Waals surface area contributed by atoms with Crippen LogP contribution in [0.4, 0.5) is 13.2 Å². The van der Waals surface area contributed by atoms with E-state index < -0.39 is 17.1 Å².